The highest BCUT2D eigenvalue weighted by Crippen LogP contribution is 2.44. The summed E-state index contributed by atoms with van der Waals surface area (Å²) in [7, 11) is 0. The van der Waals surface area contributed by atoms with Crippen LogP contribution in [0.1, 0.15) is 35.4 Å². The van der Waals surface area contributed by atoms with Gasteiger partial charge in [0.05, 0.1) is 13.0 Å². The number of carboxylic acids is 1. The van der Waals surface area contributed by atoms with E-state index in [0.717, 1.165) is 27.8 Å². The molecule has 0 spiro atoms. The van der Waals surface area contributed by atoms with Crippen molar-refractivity contribution in [2.75, 3.05) is 26.4 Å². The Balaban J connectivity index is 1.30. The number of hydrogen-bond donors (Lipinski definition) is 2. The maximum atomic E-state index is 13.8. The lowest BCUT2D eigenvalue weighted by Crippen LogP contribution is -2.60. The third-order valence-corrected chi connectivity index (χ3v) is 7.22. The summed E-state index contributed by atoms with van der Waals surface area (Å²) in [6, 6.07) is 25.5. The minimum atomic E-state index is -1.32. The van der Waals surface area contributed by atoms with Gasteiger partial charge in [-0.15, -0.1) is 0 Å². The molecule has 3 aromatic rings. The summed E-state index contributed by atoms with van der Waals surface area (Å²) in [6.45, 7) is 0.651. The van der Waals surface area contributed by atoms with Crippen molar-refractivity contribution < 1.29 is 29.0 Å². The van der Waals surface area contributed by atoms with E-state index in [1.165, 1.54) is 4.90 Å². The highest BCUT2D eigenvalue weighted by Gasteiger charge is 2.46. The molecule has 1 fully saturated rings. The summed E-state index contributed by atoms with van der Waals surface area (Å²) in [5.74, 6) is -1.49. The van der Waals surface area contributed by atoms with Gasteiger partial charge in [-0.05, 0) is 27.8 Å². The molecular formula is C30H30N2O6. The number of ether oxygens (including phenoxy) is 2. The van der Waals surface area contributed by atoms with Gasteiger partial charge in [0, 0.05) is 32.0 Å². The zero-order valence-corrected chi connectivity index (χ0v) is 21.0. The Kier molecular flexibility index (Phi) is 7.42. The van der Waals surface area contributed by atoms with Crippen LogP contribution < -0.4 is 5.32 Å². The number of carboxylic acid groups (broad SMARTS) is 1. The molecule has 5 rings (SSSR count). The molecule has 0 aromatic heterocycles. The summed E-state index contributed by atoms with van der Waals surface area (Å²) < 4.78 is 11.2. The molecule has 2 N–H and O–H groups in total. The number of hydrogen-bond acceptors (Lipinski definition) is 5. The molecular weight excluding hydrogens is 484 g/mol. The normalized spacial score (nSPS) is 17.9. The standard InChI is InChI=1S/C30H30N2O6/c33-27(34)14-16-32(18-21-8-2-1-3-9-21)28(35)30(15-17-37-20-30)31-29(36)38-19-26-24-12-6-4-10-22(24)23-11-5-7-13-25(23)26/h1-13,26H,14-20H2,(H,31,36)(H,33,34). The van der Waals surface area contributed by atoms with Crippen molar-refractivity contribution in [1.82, 2.24) is 10.2 Å². The maximum Gasteiger partial charge on any atom is 0.408 e. The molecule has 1 unspecified atom stereocenters. The lowest BCUT2D eigenvalue weighted by Gasteiger charge is -2.33. The van der Waals surface area contributed by atoms with Gasteiger partial charge in [0.15, 0.2) is 0 Å². The van der Waals surface area contributed by atoms with E-state index in [1.807, 2.05) is 66.7 Å². The van der Waals surface area contributed by atoms with E-state index in [4.69, 9.17) is 9.47 Å². The second-order valence-electron chi connectivity index (χ2n) is 9.69. The first kappa shape index (κ1) is 25.5. The molecule has 38 heavy (non-hydrogen) atoms. The van der Waals surface area contributed by atoms with Crippen LogP contribution in [-0.2, 0) is 25.6 Å². The molecule has 1 heterocycles. The van der Waals surface area contributed by atoms with Crippen LogP contribution in [0, 0.1) is 0 Å². The number of amides is 2. The zero-order valence-electron chi connectivity index (χ0n) is 21.0. The summed E-state index contributed by atoms with van der Waals surface area (Å²) in [6.07, 6.45) is -0.641. The molecule has 2 aliphatic rings. The fourth-order valence-corrected chi connectivity index (χ4v) is 5.31. The number of aliphatic carboxylic acids is 1. The van der Waals surface area contributed by atoms with Gasteiger partial charge in [-0.25, -0.2) is 4.79 Å². The van der Waals surface area contributed by atoms with Gasteiger partial charge in [-0.1, -0.05) is 78.9 Å². The molecule has 1 saturated heterocycles. The minimum Gasteiger partial charge on any atom is -0.481 e. The zero-order chi connectivity index (χ0) is 26.5. The Morgan fingerprint density at radius 3 is 2.18 bits per heavy atom. The second-order valence-corrected chi connectivity index (χ2v) is 9.69. The molecule has 1 aliphatic heterocycles. The fraction of sp³-hybridized carbons (Fsp3) is 0.300. The molecule has 1 atom stereocenters. The maximum absolute atomic E-state index is 13.8. The largest absolute Gasteiger partial charge is 0.481 e. The lowest BCUT2D eigenvalue weighted by atomic mass is 9.96. The Bertz CT molecular complexity index is 1270. The van der Waals surface area contributed by atoms with Crippen molar-refractivity contribution in [2.24, 2.45) is 0 Å². The Morgan fingerprint density at radius 1 is 0.947 bits per heavy atom. The van der Waals surface area contributed by atoms with Crippen molar-refractivity contribution in [3.05, 3.63) is 95.6 Å². The quantitative estimate of drug-likeness (QED) is 0.444. The van der Waals surface area contributed by atoms with Crippen LogP contribution in [0.15, 0.2) is 78.9 Å². The first-order valence-corrected chi connectivity index (χ1v) is 12.7. The summed E-state index contributed by atoms with van der Waals surface area (Å²) in [5, 5.41) is 12.0. The molecule has 3 aromatic carbocycles. The average molecular weight is 515 g/mol. The van der Waals surface area contributed by atoms with Gasteiger partial charge in [0.1, 0.15) is 12.1 Å². The monoisotopic (exact) mass is 514 g/mol. The number of alkyl carbamates (subject to hydrolysis) is 1. The van der Waals surface area contributed by atoms with Crippen molar-refractivity contribution in [2.45, 2.75) is 30.8 Å². The van der Waals surface area contributed by atoms with Crippen LogP contribution in [0.4, 0.5) is 4.79 Å². The summed E-state index contributed by atoms with van der Waals surface area (Å²) in [4.78, 5) is 39.6. The minimum absolute atomic E-state index is 0.00557. The number of nitrogens with one attached hydrogen (secondary N) is 1. The number of carbonyl (C=O) groups excluding carboxylic acids is 2. The van der Waals surface area contributed by atoms with Crippen LogP contribution in [0.25, 0.3) is 11.1 Å². The van der Waals surface area contributed by atoms with E-state index in [1.54, 1.807) is 0 Å². The topological polar surface area (TPSA) is 105 Å². The fourth-order valence-electron chi connectivity index (χ4n) is 5.31. The van der Waals surface area contributed by atoms with Gasteiger partial charge in [0.2, 0.25) is 0 Å². The van der Waals surface area contributed by atoms with Crippen molar-refractivity contribution in [3.63, 3.8) is 0 Å². The number of carbonyl (C=O) groups is 3. The highest BCUT2D eigenvalue weighted by atomic mass is 16.6. The van der Waals surface area contributed by atoms with Crippen molar-refractivity contribution >= 4 is 18.0 Å². The Hall–Kier alpha value is -4.17. The molecule has 0 radical (unpaired) electrons. The summed E-state index contributed by atoms with van der Waals surface area (Å²) in [5.41, 5.74) is 3.99. The first-order chi connectivity index (χ1) is 18.5. The summed E-state index contributed by atoms with van der Waals surface area (Å²) >= 11 is 0. The molecule has 0 bridgehead atoms. The van der Waals surface area contributed by atoms with Crippen LogP contribution in [0.5, 0.6) is 0 Å². The smallest absolute Gasteiger partial charge is 0.408 e. The molecule has 196 valence electrons. The van der Waals surface area contributed by atoms with Gasteiger partial charge in [0.25, 0.3) is 5.91 Å². The van der Waals surface area contributed by atoms with E-state index in [-0.39, 0.29) is 51.0 Å². The number of benzene rings is 3. The highest BCUT2D eigenvalue weighted by molar-refractivity contribution is 5.91. The van der Waals surface area contributed by atoms with Crippen LogP contribution in [0.2, 0.25) is 0 Å². The van der Waals surface area contributed by atoms with Crippen LogP contribution in [0.3, 0.4) is 0 Å². The predicted octanol–water partition coefficient (Wildman–Crippen LogP) is 4.19. The van der Waals surface area contributed by atoms with E-state index in [9.17, 15) is 19.5 Å². The lowest BCUT2D eigenvalue weighted by molar-refractivity contribution is -0.141. The Labute approximate surface area is 221 Å². The van der Waals surface area contributed by atoms with E-state index in [2.05, 4.69) is 17.4 Å². The molecule has 8 heteroatoms. The number of nitrogens with zero attached hydrogens (tertiary/aromatic N) is 1. The van der Waals surface area contributed by atoms with E-state index in [0.29, 0.717) is 6.61 Å². The number of fused-ring (bicyclic) bond motifs is 3. The van der Waals surface area contributed by atoms with E-state index >= 15 is 0 Å². The SMILES string of the molecule is O=C(O)CCN(Cc1ccccc1)C(=O)C1(NC(=O)OCC2c3ccccc3-c3ccccc32)CCOC1. The van der Waals surface area contributed by atoms with Gasteiger partial charge >= 0.3 is 12.1 Å². The van der Waals surface area contributed by atoms with Crippen LogP contribution in [-0.4, -0.2) is 59.9 Å². The van der Waals surface area contributed by atoms with Gasteiger partial charge in [-0.2, -0.15) is 0 Å². The predicted molar refractivity (Wildman–Crippen MR) is 140 cm³/mol. The van der Waals surface area contributed by atoms with Gasteiger partial charge in [-0.3, -0.25) is 9.59 Å². The third-order valence-electron chi connectivity index (χ3n) is 7.22. The van der Waals surface area contributed by atoms with Gasteiger partial charge < -0.3 is 24.8 Å². The van der Waals surface area contributed by atoms with Crippen molar-refractivity contribution in [1.29, 1.82) is 0 Å². The van der Waals surface area contributed by atoms with E-state index < -0.39 is 17.6 Å². The number of rotatable bonds is 9. The molecule has 1 aliphatic carbocycles. The van der Waals surface area contributed by atoms with Crippen LogP contribution >= 0.6 is 0 Å². The Morgan fingerprint density at radius 2 is 1.58 bits per heavy atom. The molecule has 8 nitrogen and oxygen atoms in total. The first-order valence-electron chi connectivity index (χ1n) is 12.7. The molecule has 0 saturated carbocycles. The van der Waals surface area contributed by atoms with Crippen molar-refractivity contribution in [3.8, 4) is 11.1 Å². The second kappa shape index (κ2) is 11.1. The molecule has 2 amide bonds. The third kappa shape index (κ3) is 5.26. The average Bonchev–Trinajstić information content (AvgIpc) is 3.53.